The van der Waals surface area contributed by atoms with E-state index in [0.29, 0.717) is 12.0 Å². The van der Waals surface area contributed by atoms with Crippen LogP contribution in [0.4, 0.5) is 0 Å². The molecular weight excluding hydrogens is 180 g/mol. The van der Waals surface area contributed by atoms with Gasteiger partial charge < -0.3 is 5.43 Å². The number of hydrogen-bond acceptors (Lipinski definition) is 3. The van der Waals surface area contributed by atoms with Crippen LogP contribution >= 0.6 is 11.8 Å². The molecule has 1 fully saturated rings. The standard InChI is InChI=1S/C10H20N2S/c1-8(2)9(3)11-12-10-4-6-13-7-5-10/h8-9,11H,4-7H2,1-3H3. The first kappa shape index (κ1) is 10.9. The molecule has 13 heavy (non-hydrogen) atoms. The second-order valence-electron chi connectivity index (χ2n) is 3.95. The minimum absolute atomic E-state index is 0.488. The fourth-order valence-electron chi connectivity index (χ4n) is 1.06. The quantitative estimate of drug-likeness (QED) is 0.708. The van der Waals surface area contributed by atoms with Crippen LogP contribution < -0.4 is 5.43 Å². The van der Waals surface area contributed by atoms with Crippen LogP contribution in [0.15, 0.2) is 5.10 Å². The first-order valence-electron chi connectivity index (χ1n) is 5.09. The van der Waals surface area contributed by atoms with Gasteiger partial charge in [0.15, 0.2) is 0 Å². The molecule has 0 amide bonds. The lowest BCUT2D eigenvalue weighted by molar-refractivity contribution is 0.438. The van der Waals surface area contributed by atoms with E-state index >= 15 is 0 Å². The fourth-order valence-corrected chi connectivity index (χ4v) is 2.03. The third-order valence-electron chi connectivity index (χ3n) is 2.50. The SMILES string of the molecule is CC(C)C(C)NN=C1CCSCC1. The maximum Gasteiger partial charge on any atom is 0.0434 e. The molecule has 1 saturated heterocycles. The van der Waals surface area contributed by atoms with Crippen LogP contribution in [-0.4, -0.2) is 23.3 Å². The number of thioether (sulfide) groups is 1. The third-order valence-corrected chi connectivity index (χ3v) is 3.48. The first-order chi connectivity index (χ1) is 6.20. The van der Waals surface area contributed by atoms with Crippen LogP contribution in [-0.2, 0) is 0 Å². The predicted octanol–water partition coefficient (Wildman–Crippen LogP) is 2.50. The molecule has 0 bridgehead atoms. The van der Waals surface area contributed by atoms with E-state index in [1.165, 1.54) is 30.1 Å². The van der Waals surface area contributed by atoms with Gasteiger partial charge >= 0.3 is 0 Å². The van der Waals surface area contributed by atoms with E-state index in [1.54, 1.807) is 0 Å². The van der Waals surface area contributed by atoms with E-state index in [9.17, 15) is 0 Å². The molecule has 1 atom stereocenters. The molecule has 1 unspecified atom stereocenters. The highest BCUT2D eigenvalue weighted by Crippen LogP contribution is 2.14. The zero-order valence-corrected chi connectivity index (χ0v) is 9.66. The summed E-state index contributed by atoms with van der Waals surface area (Å²) in [5, 5.41) is 4.46. The van der Waals surface area contributed by atoms with Crippen molar-refractivity contribution in [2.75, 3.05) is 11.5 Å². The van der Waals surface area contributed by atoms with Gasteiger partial charge in [0, 0.05) is 11.8 Å². The Morgan fingerprint density at radius 3 is 2.38 bits per heavy atom. The molecule has 0 aromatic heterocycles. The second-order valence-corrected chi connectivity index (χ2v) is 5.18. The topological polar surface area (TPSA) is 24.4 Å². The summed E-state index contributed by atoms with van der Waals surface area (Å²) in [4.78, 5) is 0. The highest BCUT2D eigenvalue weighted by Gasteiger charge is 2.08. The van der Waals surface area contributed by atoms with E-state index in [0.717, 1.165) is 0 Å². The molecule has 0 aromatic rings. The van der Waals surface area contributed by atoms with Crippen molar-refractivity contribution in [1.82, 2.24) is 5.43 Å². The Kier molecular flexibility index (Phi) is 4.64. The second kappa shape index (κ2) is 5.53. The van der Waals surface area contributed by atoms with Crippen LogP contribution in [0.1, 0.15) is 33.6 Å². The Labute approximate surface area is 85.6 Å². The lowest BCUT2D eigenvalue weighted by atomic mass is 10.1. The molecule has 1 N–H and O–H groups in total. The summed E-state index contributed by atoms with van der Waals surface area (Å²) < 4.78 is 0. The summed E-state index contributed by atoms with van der Waals surface area (Å²) in [7, 11) is 0. The van der Waals surface area contributed by atoms with Crippen molar-refractivity contribution < 1.29 is 0 Å². The Morgan fingerprint density at radius 1 is 1.23 bits per heavy atom. The maximum atomic E-state index is 4.46. The van der Waals surface area contributed by atoms with Crippen LogP contribution in [0.3, 0.4) is 0 Å². The molecule has 1 aliphatic heterocycles. The molecular formula is C10H20N2S. The molecule has 1 rings (SSSR count). The number of hydrazone groups is 1. The number of nitrogens with one attached hydrogen (secondary N) is 1. The van der Waals surface area contributed by atoms with Gasteiger partial charge in [-0.15, -0.1) is 0 Å². The highest BCUT2D eigenvalue weighted by atomic mass is 32.2. The van der Waals surface area contributed by atoms with Gasteiger partial charge in [0.05, 0.1) is 0 Å². The smallest absolute Gasteiger partial charge is 0.0434 e. The Bertz CT molecular complexity index is 170. The summed E-state index contributed by atoms with van der Waals surface area (Å²) in [5.74, 6) is 3.15. The van der Waals surface area contributed by atoms with E-state index in [4.69, 9.17) is 0 Å². The van der Waals surface area contributed by atoms with Gasteiger partial charge in [0.1, 0.15) is 0 Å². The van der Waals surface area contributed by atoms with Crippen molar-refractivity contribution in [3.8, 4) is 0 Å². The third kappa shape index (κ3) is 4.03. The lowest BCUT2D eigenvalue weighted by Gasteiger charge is -2.17. The largest absolute Gasteiger partial charge is 0.307 e. The van der Waals surface area contributed by atoms with Crippen LogP contribution in [0.5, 0.6) is 0 Å². The molecule has 0 radical (unpaired) electrons. The van der Waals surface area contributed by atoms with E-state index in [2.05, 4.69) is 31.3 Å². The average molecular weight is 200 g/mol. The molecule has 0 spiro atoms. The molecule has 0 aliphatic carbocycles. The van der Waals surface area contributed by atoms with Crippen molar-refractivity contribution in [2.45, 2.75) is 39.7 Å². The fraction of sp³-hybridized carbons (Fsp3) is 0.900. The Balaban J connectivity index is 2.29. The average Bonchev–Trinajstić information content (AvgIpc) is 2.15. The molecule has 2 nitrogen and oxygen atoms in total. The number of hydrogen-bond donors (Lipinski definition) is 1. The lowest BCUT2D eigenvalue weighted by Crippen LogP contribution is -2.28. The minimum Gasteiger partial charge on any atom is -0.307 e. The van der Waals surface area contributed by atoms with Gasteiger partial charge in [-0.05, 0) is 37.2 Å². The van der Waals surface area contributed by atoms with Gasteiger partial charge in [-0.2, -0.15) is 16.9 Å². The van der Waals surface area contributed by atoms with Crippen LogP contribution in [0.2, 0.25) is 0 Å². The van der Waals surface area contributed by atoms with Gasteiger partial charge in [-0.1, -0.05) is 13.8 Å². The van der Waals surface area contributed by atoms with Crippen molar-refractivity contribution in [2.24, 2.45) is 11.0 Å². The van der Waals surface area contributed by atoms with Crippen LogP contribution in [0, 0.1) is 5.92 Å². The number of rotatable bonds is 3. The Morgan fingerprint density at radius 2 is 1.85 bits per heavy atom. The molecule has 0 saturated carbocycles. The van der Waals surface area contributed by atoms with E-state index in [-0.39, 0.29) is 0 Å². The summed E-state index contributed by atoms with van der Waals surface area (Å²) >= 11 is 2.03. The predicted molar refractivity (Wildman–Crippen MR) is 61.4 cm³/mol. The van der Waals surface area contributed by atoms with Gasteiger partial charge in [0.2, 0.25) is 0 Å². The minimum atomic E-state index is 0.488. The summed E-state index contributed by atoms with van der Waals surface area (Å²) in [6.07, 6.45) is 2.34. The van der Waals surface area contributed by atoms with E-state index in [1.807, 2.05) is 11.8 Å². The number of nitrogens with zero attached hydrogens (tertiary/aromatic N) is 1. The molecule has 0 aromatic carbocycles. The van der Waals surface area contributed by atoms with Crippen molar-refractivity contribution in [1.29, 1.82) is 0 Å². The zero-order chi connectivity index (χ0) is 9.68. The Hall–Kier alpha value is -0.180. The molecule has 1 heterocycles. The van der Waals surface area contributed by atoms with Crippen LogP contribution in [0.25, 0.3) is 0 Å². The van der Waals surface area contributed by atoms with Gasteiger partial charge in [0.25, 0.3) is 0 Å². The normalized spacial score (nSPS) is 20.2. The van der Waals surface area contributed by atoms with Gasteiger partial charge in [-0.25, -0.2) is 0 Å². The van der Waals surface area contributed by atoms with Gasteiger partial charge in [-0.3, -0.25) is 0 Å². The van der Waals surface area contributed by atoms with Crippen molar-refractivity contribution in [3.63, 3.8) is 0 Å². The van der Waals surface area contributed by atoms with Crippen molar-refractivity contribution in [3.05, 3.63) is 0 Å². The van der Waals surface area contributed by atoms with Crippen molar-refractivity contribution >= 4 is 17.5 Å². The van der Waals surface area contributed by atoms with E-state index < -0.39 is 0 Å². The maximum absolute atomic E-state index is 4.46. The zero-order valence-electron chi connectivity index (χ0n) is 8.84. The highest BCUT2D eigenvalue weighted by molar-refractivity contribution is 7.99. The summed E-state index contributed by atoms with van der Waals surface area (Å²) in [6.45, 7) is 6.62. The summed E-state index contributed by atoms with van der Waals surface area (Å²) in [5.41, 5.74) is 4.58. The monoisotopic (exact) mass is 200 g/mol. The summed E-state index contributed by atoms with van der Waals surface area (Å²) in [6, 6.07) is 0.488. The molecule has 1 aliphatic rings. The molecule has 76 valence electrons. The molecule has 3 heteroatoms. The first-order valence-corrected chi connectivity index (χ1v) is 6.24.